The van der Waals surface area contributed by atoms with Crippen LogP contribution in [-0.2, 0) is 4.74 Å². The fourth-order valence-electron chi connectivity index (χ4n) is 2.77. The summed E-state index contributed by atoms with van der Waals surface area (Å²) in [6.45, 7) is 19.0. The predicted octanol–water partition coefficient (Wildman–Crippen LogP) is 2.37. The Morgan fingerprint density at radius 1 is 1.22 bits per heavy atom. The number of nitrogens with zero attached hydrogens (tertiary/aromatic N) is 1. The molecule has 0 saturated carbocycles. The van der Waals surface area contributed by atoms with E-state index in [0.29, 0.717) is 17.6 Å². The largest absolute Gasteiger partial charge is 0.373 e. The molecule has 0 unspecified atom stereocenters. The maximum Gasteiger partial charge on any atom is 0.0678 e. The van der Waals surface area contributed by atoms with Gasteiger partial charge >= 0.3 is 0 Å². The molecule has 0 bridgehead atoms. The normalized spacial score (nSPS) is 26.8. The van der Waals surface area contributed by atoms with Crippen molar-refractivity contribution in [3.05, 3.63) is 0 Å². The van der Waals surface area contributed by atoms with Gasteiger partial charge in [0.05, 0.1) is 12.2 Å². The summed E-state index contributed by atoms with van der Waals surface area (Å²) < 4.78 is 5.79. The Balaban J connectivity index is 2.34. The van der Waals surface area contributed by atoms with Crippen LogP contribution in [0.1, 0.15) is 41.5 Å². The molecular weight excluding hydrogens is 224 g/mol. The number of hydrogen-bond donors (Lipinski definition) is 1. The van der Waals surface area contributed by atoms with E-state index in [0.717, 1.165) is 38.6 Å². The highest BCUT2D eigenvalue weighted by Gasteiger charge is 2.27. The Hall–Kier alpha value is -0.120. The van der Waals surface area contributed by atoms with Crippen molar-refractivity contribution < 1.29 is 4.74 Å². The molecule has 0 aliphatic carbocycles. The molecular formula is C15H32N2O. The number of ether oxygens (including phenoxy) is 1. The molecule has 1 rings (SSSR count). The van der Waals surface area contributed by atoms with Crippen LogP contribution in [0.15, 0.2) is 0 Å². The van der Waals surface area contributed by atoms with Crippen molar-refractivity contribution in [1.29, 1.82) is 0 Å². The summed E-state index contributed by atoms with van der Waals surface area (Å²) in [5, 5.41) is 3.58. The van der Waals surface area contributed by atoms with E-state index in [2.05, 4.69) is 51.8 Å². The van der Waals surface area contributed by atoms with Gasteiger partial charge in [0.1, 0.15) is 0 Å². The van der Waals surface area contributed by atoms with Crippen LogP contribution in [-0.4, -0.2) is 49.8 Å². The van der Waals surface area contributed by atoms with Crippen molar-refractivity contribution in [2.24, 2.45) is 11.3 Å². The second-order valence-electron chi connectivity index (χ2n) is 7.14. The van der Waals surface area contributed by atoms with E-state index in [1.807, 2.05) is 0 Å². The maximum absolute atomic E-state index is 5.79. The van der Waals surface area contributed by atoms with Crippen LogP contribution < -0.4 is 5.32 Å². The molecule has 2 atom stereocenters. The van der Waals surface area contributed by atoms with Gasteiger partial charge in [-0.25, -0.2) is 0 Å². The lowest BCUT2D eigenvalue weighted by Crippen LogP contribution is -2.50. The van der Waals surface area contributed by atoms with E-state index in [9.17, 15) is 0 Å². The van der Waals surface area contributed by atoms with Gasteiger partial charge in [0.2, 0.25) is 0 Å². The topological polar surface area (TPSA) is 24.5 Å². The molecule has 18 heavy (non-hydrogen) atoms. The Bertz CT molecular complexity index is 231. The molecule has 1 fully saturated rings. The van der Waals surface area contributed by atoms with Gasteiger partial charge in [-0.3, -0.25) is 4.90 Å². The molecule has 1 heterocycles. The lowest BCUT2D eigenvalue weighted by molar-refractivity contribution is -0.0755. The predicted molar refractivity (Wildman–Crippen MR) is 77.9 cm³/mol. The average Bonchev–Trinajstić information content (AvgIpc) is 2.12. The summed E-state index contributed by atoms with van der Waals surface area (Å²) in [6.07, 6.45) is 0.737. The van der Waals surface area contributed by atoms with E-state index in [-0.39, 0.29) is 0 Å². The Morgan fingerprint density at radius 2 is 1.78 bits per heavy atom. The second kappa shape index (κ2) is 6.88. The van der Waals surface area contributed by atoms with Gasteiger partial charge in [0, 0.05) is 26.2 Å². The zero-order chi connectivity index (χ0) is 13.8. The van der Waals surface area contributed by atoms with Crippen molar-refractivity contribution in [1.82, 2.24) is 10.2 Å². The van der Waals surface area contributed by atoms with Crippen LogP contribution in [0.3, 0.4) is 0 Å². The van der Waals surface area contributed by atoms with E-state index < -0.39 is 0 Å². The third-order valence-electron chi connectivity index (χ3n) is 3.30. The maximum atomic E-state index is 5.79. The van der Waals surface area contributed by atoms with E-state index in [1.165, 1.54) is 0 Å². The highest BCUT2D eigenvalue weighted by atomic mass is 16.5. The summed E-state index contributed by atoms with van der Waals surface area (Å²) in [5.41, 5.74) is 0.325. The van der Waals surface area contributed by atoms with Crippen molar-refractivity contribution >= 4 is 0 Å². The van der Waals surface area contributed by atoms with E-state index in [1.54, 1.807) is 0 Å². The smallest absolute Gasteiger partial charge is 0.0678 e. The molecule has 0 radical (unpaired) electrons. The minimum Gasteiger partial charge on any atom is -0.373 e. The van der Waals surface area contributed by atoms with Crippen LogP contribution in [0.4, 0.5) is 0 Å². The number of nitrogens with one attached hydrogen (secondary N) is 1. The monoisotopic (exact) mass is 256 g/mol. The first-order valence-electron chi connectivity index (χ1n) is 7.37. The number of morpholine rings is 1. The van der Waals surface area contributed by atoms with Crippen molar-refractivity contribution in [3.8, 4) is 0 Å². The van der Waals surface area contributed by atoms with Gasteiger partial charge < -0.3 is 10.1 Å². The number of hydrogen-bond acceptors (Lipinski definition) is 3. The SMILES string of the molecule is CC(C)CNCC(C)(C)CN1C[C@@H](C)O[C@@H](C)C1. The fraction of sp³-hybridized carbons (Fsp3) is 1.00. The lowest BCUT2D eigenvalue weighted by atomic mass is 9.92. The van der Waals surface area contributed by atoms with Crippen LogP contribution in [0, 0.1) is 11.3 Å². The molecule has 0 aromatic carbocycles. The minimum absolute atomic E-state index is 0.325. The summed E-state index contributed by atoms with van der Waals surface area (Å²) in [7, 11) is 0. The van der Waals surface area contributed by atoms with Crippen LogP contribution in [0.5, 0.6) is 0 Å². The highest BCUT2D eigenvalue weighted by Crippen LogP contribution is 2.19. The Morgan fingerprint density at radius 3 is 2.28 bits per heavy atom. The molecule has 0 aromatic rings. The molecule has 1 aliphatic heterocycles. The van der Waals surface area contributed by atoms with Gasteiger partial charge in [0.25, 0.3) is 0 Å². The summed E-state index contributed by atoms with van der Waals surface area (Å²) >= 11 is 0. The molecule has 0 amide bonds. The van der Waals surface area contributed by atoms with Gasteiger partial charge in [-0.15, -0.1) is 0 Å². The fourth-order valence-corrected chi connectivity index (χ4v) is 2.77. The molecule has 1 N–H and O–H groups in total. The third-order valence-corrected chi connectivity index (χ3v) is 3.30. The van der Waals surface area contributed by atoms with Crippen LogP contribution in [0.2, 0.25) is 0 Å². The molecule has 3 heteroatoms. The Kier molecular flexibility index (Phi) is 6.09. The minimum atomic E-state index is 0.325. The molecule has 0 spiro atoms. The van der Waals surface area contributed by atoms with Crippen LogP contribution in [0.25, 0.3) is 0 Å². The zero-order valence-electron chi connectivity index (χ0n) is 13.1. The summed E-state index contributed by atoms with van der Waals surface area (Å²) in [6, 6.07) is 0. The molecule has 1 aliphatic rings. The molecule has 3 nitrogen and oxygen atoms in total. The third kappa shape index (κ3) is 6.17. The standard InChI is InChI=1S/C15H32N2O/c1-12(2)7-16-10-15(5,6)11-17-8-13(3)18-14(4)9-17/h12-14,16H,7-11H2,1-6H3/t13-,14+. The summed E-state index contributed by atoms with van der Waals surface area (Å²) in [4.78, 5) is 2.55. The molecule has 108 valence electrons. The highest BCUT2D eigenvalue weighted by molar-refractivity contribution is 4.81. The summed E-state index contributed by atoms with van der Waals surface area (Å²) in [5.74, 6) is 0.726. The van der Waals surface area contributed by atoms with Gasteiger partial charge in [-0.1, -0.05) is 27.7 Å². The van der Waals surface area contributed by atoms with E-state index in [4.69, 9.17) is 4.74 Å². The van der Waals surface area contributed by atoms with Gasteiger partial charge in [0.15, 0.2) is 0 Å². The first kappa shape index (κ1) is 15.9. The number of rotatable bonds is 6. The lowest BCUT2D eigenvalue weighted by Gasteiger charge is -2.39. The first-order valence-corrected chi connectivity index (χ1v) is 7.37. The Labute approximate surface area is 113 Å². The van der Waals surface area contributed by atoms with E-state index >= 15 is 0 Å². The average molecular weight is 256 g/mol. The molecule has 0 aromatic heterocycles. The van der Waals surface area contributed by atoms with Crippen molar-refractivity contribution in [2.45, 2.75) is 53.8 Å². The van der Waals surface area contributed by atoms with Gasteiger partial charge in [-0.2, -0.15) is 0 Å². The molecule has 1 saturated heterocycles. The first-order chi connectivity index (χ1) is 8.28. The zero-order valence-corrected chi connectivity index (χ0v) is 13.1. The quantitative estimate of drug-likeness (QED) is 0.789. The second-order valence-corrected chi connectivity index (χ2v) is 7.14. The van der Waals surface area contributed by atoms with Crippen molar-refractivity contribution in [3.63, 3.8) is 0 Å². The van der Waals surface area contributed by atoms with Gasteiger partial charge in [-0.05, 0) is 31.7 Å². The van der Waals surface area contributed by atoms with Crippen molar-refractivity contribution in [2.75, 3.05) is 32.7 Å². The van der Waals surface area contributed by atoms with Crippen LogP contribution >= 0.6 is 0 Å².